The van der Waals surface area contributed by atoms with Crippen molar-refractivity contribution in [2.24, 2.45) is 0 Å². The first kappa shape index (κ1) is 15.9. The first-order valence-corrected chi connectivity index (χ1v) is 7.46. The van der Waals surface area contributed by atoms with Crippen LogP contribution in [0.25, 0.3) is 0 Å². The zero-order valence-corrected chi connectivity index (χ0v) is 14.2. The molecule has 0 unspecified atom stereocenters. The fourth-order valence-electron chi connectivity index (χ4n) is 1.39. The average Bonchev–Trinajstić information content (AvgIpc) is 2.36. The minimum Gasteiger partial charge on any atom is -0.319 e. The Morgan fingerprint density at radius 1 is 1.05 bits per heavy atom. The highest BCUT2D eigenvalue weighted by Crippen LogP contribution is 2.34. The second kappa shape index (κ2) is 6.50. The maximum absolute atomic E-state index is 12.1. The van der Waals surface area contributed by atoms with Crippen molar-refractivity contribution in [3.63, 3.8) is 0 Å². The molecule has 0 aliphatic heterocycles. The molecule has 1 amide bonds. The quantitative estimate of drug-likeness (QED) is 0.639. The monoisotopic (exact) mass is 412 g/mol. The Labute approximate surface area is 143 Å². The van der Waals surface area contributed by atoms with Gasteiger partial charge < -0.3 is 5.32 Å². The zero-order chi connectivity index (χ0) is 14.9. The number of benzene rings is 1. The number of amides is 1. The van der Waals surface area contributed by atoms with E-state index in [1.165, 1.54) is 12.3 Å². The smallest absolute Gasteiger partial charge is 0.257 e. The maximum atomic E-state index is 12.1. The van der Waals surface area contributed by atoms with E-state index in [-0.39, 0.29) is 15.7 Å². The summed E-state index contributed by atoms with van der Waals surface area (Å²) in [7, 11) is 0. The third-order valence-corrected chi connectivity index (χ3v) is 4.04. The number of anilines is 1. The highest BCUT2D eigenvalue weighted by molar-refractivity contribution is 9.10. The van der Waals surface area contributed by atoms with Crippen molar-refractivity contribution in [3.05, 3.63) is 54.7 Å². The normalized spacial score (nSPS) is 10.4. The Bertz CT molecular complexity index is 670. The molecule has 2 rings (SSSR count). The first-order valence-electron chi connectivity index (χ1n) is 5.15. The third kappa shape index (κ3) is 3.57. The van der Waals surface area contributed by atoms with Crippen molar-refractivity contribution >= 4 is 73.9 Å². The molecule has 0 spiro atoms. The van der Waals surface area contributed by atoms with Crippen LogP contribution in [0.4, 0.5) is 5.69 Å². The topological polar surface area (TPSA) is 42.0 Å². The van der Waals surface area contributed by atoms with Gasteiger partial charge in [0, 0.05) is 10.7 Å². The van der Waals surface area contributed by atoms with Crippen LogP contribution in [-0.4, -0.2) is 10.9 Å². The van der Waals surface area contributed by atoms with Crippen LogP contribution in [0.5, 0.6) is 0 Å². The van der Waals surface area contributed by atoms with Gasteiger partial charge in [-0.2, -0.15) is 0 Å². The van der Waals surface area contributed by atoms with Gasteiger partial charge in [0.1, 0.15) is 5.15 Å². The van der Waals surface area contributed by atoms with E-state index in [0.29, 0.717) is 20.2 Å². The standard InChI is InChI=1S/C12H5BrCl4N2O/c13-6-2-7(14)10(8(15)3-6)19-12(20)5-1-9(16)11(17)18-4-5/h1-4H,(H,19,20). The molecular weight excluding hydrogens is 410 g/mol. The summed E-state index contributed by atoms with van der Waals surface area (Å²) in [6, 6.07) is 4.65. The van der Waals surface area contributed by atoms with Crippen LogP contribution in [-0.2, 0) is 0 Å². The van der Waals surface area contributed by atoms with Gasteiger partial charge in [-0.25, -0.2) is 4.98 Å². The molecule has 0 saturated heterocycles. The second-order valence-corrected chi connectivity index (χ2v) is 6.19. The summed E-state index contributed by atoms with van der Waals surface area (Å²) in [5.41, 5.74) is 0.557. The van der Waals surface area contributed by atoms with Crippen molar-refractivity contribution in [3.8, 4) is 0 Å². The number of hydrogen-bond donors (Lipinski definition) is 1. The molecule has 1 aromatic heterocycles. The Morgan fingerprint density at radius 3 is 2.20 bits per heavy atom. The van der Waals surface area contributed by atoms with Crippen molar-refractivity contribution < 1.29 is 4.79 Å². The number of hydrogen-bond acceptors (Lipinski definition) is 2. The largest absolute Gasteiger partial charge is 0.319 e. The van der Waals surface area contributed by atoms with Crippen LogP contribution in [0.2, 0.25) is 20.2 Å². The van der Waals surface area contributed by atoms with Crippen LogP contribution in [0.15, 0.2) is 28.9 Å². The fourth-order valence-corrected chi connectivity index (χ4v) is 2.97. The number of pyridine rings is 1. The average molecular weight is 415 g/mol. The van der Waals surface area contributed by atoms with Gasteiger partial charge in [0.25, 0.3) is 5.91 Å². The van der Waals surface area contributed by atoms with E-state index in [1.807, 2.05) is 0 Å². The van der Waals surface area contributed by atoms with Crippen molar-refractivity contribution in [1.29, 1.82) is 0 Å². The SMILES string of the molecule is O=C(Nc1c(Cl)cc(Br)cc1Cl)c1cnc(Cl)c(Cl)c1. The zero-order valence-electron chi connectivity index (χ0n) is 9.55. The Kier molecular flexibility index (Phi) is 5.15. The number of nitrogens with one attached hydrogen (secondary N) is 1. The highest BCUT2D eigenvalue weighted by Gasteiger charge is 2.14. The molecule has 1 N–H and O–H groups in total. The van der Waals surface area contributed by atoms with E-state index in [4.69, 9.17) is 46.4 Å². The summed E-state index contributed by atoms with van der Waals surface area (Å²) in [6.45, 7) is 0. The molecule has 0 atom stereocenters. The molecule has 2 aromatic rings. The van der Waals surface area contributed by atoms with Gasteiger partial charge in [0.15, 0.2) is 0 Å². The summed E-state index contributed by atoms with van der Waals surface area (Å²) in [5, 5.41) is 3.54. The van der Waals surface area contributed by atoms with Gasteiger partial charge in [0.2, 0.25) is 0 Å². The second-order valence-electron chi connectivity index (χ2n) is 3.70. The number of nitrogens with zero attached hydrogens (tertiary/aromatic N) is 1. The summed E-state index contributed by atoms with van der Waals surface area (Å²) in [4.78, 5) is 15.9. The number of halogens is 5. The number of aromatic nitrogens is 1. The molecular formula is C12H5BrCl4N2O. The molecule has 0 aliphatic rings. The molecule has 0 radical (unpaired) electrons. The van der Waals surface area contributed by atoms with Gasteiger partial charge in [-0.1, -0.05) is 62.3 Å². The van der Waals surface area contributed by atoms with E-state index in [2.05, 4.69) is 26.2 Å². The van der Waals surface area contributed by atoms with Gasteiger partial charge in [-0.3, -0.25) is 4.79 Å². The molecule has 1 heterocycles. The molecule has 0 saturated carbocycles. The summed E-state index contributed by atoms with van der Waals surface area (Å²) in [5.74, 6) is -0.442. The lowest BCUT2D eigenvalue weighted by molar-refractivity contribution is 0.102. The molecule has 0 aliphatic carbocycles. The highest BCUT2D eigenvalue weighted by atomic mass is 79.9. The van der Waals surface area contributed by atoms with Crippen molar-refractivity contribution in [1.82, 2.24) is 4.98 Å². The summed E-state index contributed by atoms with van der Waals surface area (Å²) < 4.78 is 0.710. The van der Waals surface area contributed by atoms with Crippen LogP contribution < -0.4 is 5.32 Å². The van der Waals surface area contributed by atoms with Gasteiger partial charge in [-0.05, 0) is 18.2 Å². The molecule has 104 valence electrons. The molecule has 20 heavy (non-hydrogen) atoms. The molecule has 1 aromatic carbocycles. The number of rotatable bonds is 2. The van der Waals surface area contributed by atoms with Gasteiger partial charge in [0.05, 0.1) is 26.3 Å². The minimum atomic E-state index is -0.442. The van der Waals surface area contributed by atoms with Crippen LogP contribution >= 0.6 is 62.3 Å². The molecule has 0 fully saturated rings. The Hall–Kier alpha value is -0.520. The van der Waals surface area contributed by atoms with E-state index in [1.54, 1.807) is 12.1 Å². The van der Waals surface area contributed by atoms with Gasteiger partial charge in [-0.15, -0.1) is 0 Å². The van der Waals surface area contributed by atoms with Crippen LogP contribution in [0.1, 0.15) is 10.4 Å². The molecule has 0 bridgehead atoms. The molecule has 8 heteroatoms. The Balaban J connectivity index is 2.30. The fraction of sp³-hybridized carbons (Fsp3) is 0. The predicted octanol–water partition coefficient (Wildman–Crippen LogP) is 5.71. The minimum absolute atomic E-state index is 0.128. The van der Waals surface area contributed by atoms with E-state index in [0.717, 1.165) is 0 Å². The third-order valence-electron chi connectivity index (χ3n) is 2.30. The first-order chi connectivity index (χ1) is 9.38. The predicted molar refractivity (Wildman–Crippen MR) is 86.4 cm³/mol. The van der Waals surface area contributed by atoms with Gasteiger partial charge >= 0.3 is 0 Å². The van der Waals surface area contributed by atoms with Crippen LogP contribution in [0.3, 0.4) is 0 Å². The lowest BCUT2D eigenvalue weighted by Gasteiger charge is -2.10. The maximum Gasteiger partial charge on any atom is 0.257 e. The molecule has 3 nitrogen and oxygen atoms in total. The van der Waals surface area contributed by atoms with Crippen LogP contribution in [0, 0.1) is 0 Å². The van der Waals surface area contributed by atoms with Crippen molar-refractivity contribution in [2.45, 2.75) is 0 Å². The van der Waals surface area contributed by atoms with E-state index in [9.17, 15) is 4.79 Å². The van der Waals surface area contributed by atoms with E-state index >= 15 is 0 Å². The van der Waals surface area contributed by atoms with Crippen molar-refractivity contribution in [2.75, 3.05) is 5.32 Å². The Morgan fingerprint density at radius 2 is 1.65 bits per heavy atom. The lowest BCUT2D eigenvalue weighted by atomic mass is 10.2. The van der Waals surface area contributed by atoms with E-state index < -0.39 is 5.91 Å². The summed E-state index contributed by atoms with van der Waals surface area (Å²) in [6.07, 6.45) is 1.31. The summed E-state index contributed by atoms with van der Waals surface area (Å²) >= 11 is 26.8. The number of carbonyl (C=O) groups excluding carboxylic acids is 1. The number of carbonyl (C=O) groups is 1. The lowest BCUT2D eigenvalue weighted by Crippen LogP contribution is -2.13.